The van der Waals surface area contributed by atoms with E-state index in [4.69, 9.17) is 4.74 Å². The van der Waals surface area contributed by atoms with E-state index in [-0.39, 0.29) is 6.09 Å². The van der Waals surface area contributed by atoms with Crippen LogP contribution in [-0.4, -0.2) is 55.8 Å². The Bertz CT molecular complexity index is 344. The van der Waals surface area contributed by atoms with Crippen molar-refractivity contribution in [3.63, 3.8) is 0 Å². The van der Waals surface area contributed by atoms with Crippen molar-refractivity contribution < 1.29 is 9.53 Å². The first-order chi connectivity index (χ1) is 9.67. The Labute approximate surface area is 121 Å². The molecule has 1 atom stereocenters. The fourth-order valence-electron chi connectivity index (χ4n) is 1.74. The summed E-state index contributed by atoms with van der Waals surface area (Å²) in [4.78, 5) is 17.5. The smallest absolute Gasteiger partial charge is 0.409 e. The maximum atomic E-state index is 11.3. The molecule has 0 aromatic heterocycles. The maximum absolute atomic E-state index is 11.3. The number of nitrogens with zero attached hydrogens (tertiary/aromatic N) is 2. The van der Waals surface area contributed by atoms with Crippen LogP contribution in [0.2, 0.25) is 0 Å². The summed E-state index contributed by atoms with van der Waals surface area (Å²) in [6.07, 6.45) is 3.45. The Morgan fingerprint density at radius 1 is 1.65 bits per heavy atom. The van der Waals surface area contributed by atoms with Crippen LogP contribution in [0.3, 0.4) is 0 Å². The van der Waals surface area contributed by atoms with Gasteiger partial charge in [0.25, 0.3) is 0 Å². The zero-order chi connectivity index (χ0) is 14.8. The highest BCUT2D eigenvalue weighted by atomic mass is 16.6. The highest BCUT2D eigenvalue weighted by Gasteiger charge is 2.20. The monoisotopic (exact) mass is 282 g/mol. The Hall–Kier alpha value is -1.72. The molecule has 0 aliphatic carbocycles. The number of nitrogens with one attached hydrogen (secondary N) is 2. The third-order valence-electron chi connectivity index (χ3n) is 3.11. The number of hydrogen-bond donors (Lipinski definition) is 2. The maximum Gasteiger partial charge on any atom is 0.409 e. The summed E-state index contributed by atoms with van der Waals surface area (Å²) in [5.74, 6) is 0.795. The Morgan fingerprint density at radius 2 is 2.45 bits per heavy atom. The van der Waals surface area contributed by atoms with Crippen molar-refractivity contribution in [2.24, 2.45) is 4.99 Å². The third kappa shape index (κ3) is 5.95. The lowest BCUT2D eigenvalue weighted by Gasteiger charge is -2.16. The summed E-state index contributed by atoms with van der Waals surface area (Å²) in [5.41, 5.74) is 0. The van der Waals surface area contributed by atoms with Gasteiger partial charge in [0, 0.05) is 25.7 Å². The predicted octanol–water partition coefficient (Wildman–Crippen LogP) is 1.35. The van der Waals surface area contributed by atoms with Gasteiger partial charge in [0.2, 0.25) is 0 Å². The lowest BCUT2D eigenvalue weighted by atomic mass is 10.3. The first-order valence-corrected chi connectivity index (χ1v) is 7.24. The second kappa shape index (κ2) is 9.23. The number of aliphatic imine (C=N–C) groups is 1. The largest absolute Gasteiger partial charge is 0.448 e. The Morgan fingerprint density at radius 3 is 3.05 bits per heavy atom. The van der Waals surface area contributed by atoms with E-state index in [1.165, 1.54) is 0 Å². The van der Waals surface area contributed by atoms with E-state index in [1.54, 1.807) is 11.0 Å². The van der Waals surface area contributed by atoms with E-state index in [0.29, 0.717) is 38.8 Å². The topological polar surface area (TPSA) is 66.0 Å². The molecule has 6 heteroatoms. The van der Waals surface area contributed by atoms with Crippen molar-refractivity contribution in [2.45, 2.75) is 32.7 Å². The summed E-state index contributed by atoms with van der Waals surface area (Å²) < 4.78 is 4.88. The number of rotatable bonds is 8. The molecule has 1 aliphatic rings. The van der Waals surface area contributed by atoms with Gasteiger partial charge in [0.05, 0.1) is 6.54 Å². The van der Waals surface area contributed by atoms with Crippen LogP contribution in [0.15, 0.2) is 17.6 Å². The minimum atomic E-state index is -0.211. The second-order valence-corrected chi connectivity index (χ2v) is 4.81. The molecule has 2 N–H and O–H groups in total. The van der Waals surface area contributed by atoms with Gasteiger partial charge in [-0.2, -0.15) is 0 Å². The molecule has 6 nitrogen and oxygen atoms in total. The molecule has 0 aromatic rings. The molecule has 1 heterocycles. The quantitative estimate of drug-likeness (QED) is 0.305. The van der Waals surface area contributed by atoms with E-state index < -0.39 is 0 Å². The van der Waals surface area contributed by atoms with Crippen LogP contribution in [0, 0.1) is 0 Å². The summed E-state index contributed by atoms with van der Waals surface area (Å²) in [6.45, 7) is 11.2. The van der Waals surface area contributed by atoms with Crippen LogP contribution in [0.25, 0.3) is 0 Å². The van der Waals surface area contributed by atoms with Gasteiger partial charge in [-0.3, -0.25) is 4.99 Å². The standard InChI is InChI=1S/C14H26N4O2/c1-4-7-15-13(17-12(3)5-2)16-8-6-9-18-10-11-20-14(18)19/h4,12H,1,5-11H2,2-3H3,(H2,15,16,17)/t12-/m1/s1. The number of cyclic esters (lactones) is 1. The number of carbonyl (C=O) groups excluding carboxylic acids is 1. The molecule has 0 saturated carbocycles. The van der Waals surface area contributed by atoms with Crippen molar-refractivity contribution in [1.82, 2.24) is 15.5 Å². The fraction of sp³-hybridized carbons (Fsp3) is 0.714. The Kier molecular flexibility index (Phi) is 7.54. The molecular weight excluding hydrogens is 256 g/mol. The van der Waals surface area contributed by atoms with Gasteiger partial charge in [-0.1, -0.05) is 13.0 Å². The van der Waals surface area contributed by atoms with Gasteiger partial charge in [0.15, 0.2) is 5.96 Å². The molecule has 1 saturated heterocycles. The Balaban J connectivity index is 2.32. The molecule has 0 spiro atoms. The lowest BCUT2D eigenvalue weighted by molar-refractivity contribution is 0.158. The average molecular weight is 282 g/mol. The van der Waals surface area contributed by atoms with E-state index in [9.17, 15) is 4.79 Å². The van der Waals surface area contributed by atoms with Gasteiger partial charge in [-0.05, 0) is 19.8 Å². The first kappa shape index (κ1) is 16.3. The minimum Gasteiger partial charge on any atom is -0.448 e. The molecule has 1 fully saturated rings. The summed E-state index contributed by atoms with van der Waals surface area (Å²) >= 11 is 0. The summed E-state index contributed by atoms with van der Waals surface area (Å²) in [6, 6.07) is 0.375. The van der Waals surface area contributed by atoms with Crippen LogP contribution in [0.4, 0.5) is 4.79 Å². The van der Waals surface area contributed by atoms with Crippen LogP contribution in [-0.2, 0) is 4.74 Å². The van der Waals surface area contributed by atoms with Crippen molar-refractivity contribution >= 4 is 12.1 Å². The molecule has 0 unspecified atom stereocenters. The zero-order valence-corrected chi connectivity index (χ0v) is 12.5. The molecule has 0 aromatic carbocycles. The molecule has 114 valence electrons. The second-order valence-electron chi connectivity index (χ2n) is 4.81. The van der Waals surface area contributed by atoms with Crippen LogP contribution < -0.4 is 10.6 Å². The number of ether oxygens (including phenoxy) is 1. The normalized spacial score (nSPS) is 16.8. The van der Waals surface area contributed by atoms with Crippen molar-refractivity contribution in [3.05, 3.63) is 12.7 Å². The van der Waals surface area contributed by atoms with E-state index in [2.05, 4.69) is 36.1 Å². The first-order valence-electron chi connectivity index (χ1n) is 7.24. The van der Waals surface area contributed by atoms with E-state index in [1.807, 2.05) is 0 Å². The van der Waals surface area contributed by atoms with Gasteiger partial charge in [-0.15, -0.1) is 6.58 Å². The SMILES string of the molecule is C=CCNC(=NCCCN1CCOC1=O)N[C@H](C)CC. The zero-order valence-electron chi connectivity index (χ0n) is 12.5. The van der Waals surface area contributed by atoms with Gasteiger partial charge in [-0.25, -0.2) is 4.79 Å². The summed E-state index contributed by atoms with van der Waals surface area (Å²) in [5, 5.41) is 6.51. The molecule has 1 amide bonds. The van der Waals surface area contributed by atoms with Crippen LogP contribution in [0.1, 0.15) is 26.7 Å². The minimum absolute atomic E-state index is 0.211. The predicted molar refractivity (Wildman–Crippen MR) is 80.9 cm³/mol. The highest BCUT2D eigenvalue weighted by Crippen LogP contribution is 2.03. The van der Waals surface area contributed by atoms with Crippen molar-refractivity contribution in [3.8, 4) is 0 Å². The molecule has 0 radical (unpaired) electrons. The number of carbonyl (C=O) groups is 1. The molecule has 20 heavy (non-hydrogen) atoms. The lowest BCUT2D eigenvalue weighted by Crippen LogP contribution is -2.42. The van der Waals surface area contributed by atoms with Crippen LogP contribution >= 0.6 is 0 Å². The molecular formula is C14H26N4O2. The number of amides is 1. The van der Waals surface area contributed by atoms with Crippen molar-refractivity contribution in [1.29, 1.82) is 0 Å². The fourth-order valence-corrected chi connectivity index (χ4v) is 1.74. The number of hydrogen-bond acceptors (Lipinski definition) is 3. The number of guanidine groups is 1. The highest BCUT2D eigenvalue weighted by molar-refractivity contribution is 5.80. The van der Waals surface area contributed by atoms with Crippen molar-refractivity contribution in [2.75, 3.05) is 32.8 Å². The van der Waals surface area contributed by atoms with E-state index >= 15 is 0 Å². The molecule has 1 aliphatic heterocycles. The van der Waals surface area contributed by atoms with Crippen LogP contribution in [0.5, 0.6) is 0 Å². The third-order valence-corrected chi connectivity index (χ3v) is 3.11. The average Bonchev–Trinajstić information content (AvgIpc) is 2.85. The van der Waals surface area contributed by atoms with Gasteiger partial charge >= 0.3 is 6.09 Å². The van der Waals surface area contributed by atoms with Gasteiger partial charge in [0.1, 0.15) is 6.61 Å². The molecule has 1 rings (SSSR count). The van der Waals surface area contributed by atoms with E-state index in [0.717, 1.165) is 18.8 Å². The summed E-state index contributed by atoms with van der Waals surface area (Å²) in [7, 11) is 0. The van der Waals surface area contributed by atoms with Gasteiger partial charge < -0.3 is 20.3 Å². The molecule has 0 bridgehead atoms.